The number of methoxy groups -OCH3 is 1. The normalized spacial score (nSPS) is 13.2. The van der Waals surface area contributed by atoms with Crippen LogP contribution in [-0.2, 0) is 22.6 Å². The van der Waals surface area contributed by atoms with Gasteiger partial charge in [-0.1, -0.05) is 41.6 Å². The lowest BCUT2D eigenvalue weighted by Crippen LogP contribution is -2.30. The summed E-state index contributed by atoms with van der Waals surface area (Å²) in [6.07, 6.45) is 0.782. The summed E-state index contributed by atoms with van der Waals surface area (Å²) in [5, 5.41) is 12.6. The maximum absolute atomic E-state index is 12.8. The molecule has 1 aliphatic heterocycles. The van der Waals surface area contributed by atoms with Crippen molar-refractivity contribution in [3.63, 3.8) is 0 Å². The summed E-state index contributed by atoms with van der Waals surface area (Å²) in [4.78, 5) is 12.8. The Morgan fingerprint density at radius 3 is 2.88 bits per heavy atom. The van der Waals surface area contributed by atoms with E-state index >= 15 is 0 Å². The number of amides is 1. The van der Waals surface area contributed by atoms with Crippen LogP contribution in [0.3, 0.4) is 0 Å². The molecule has 10 heteroatoms. The second kappa shape index (κ2) is 10.9. The smallest absolute Gasteiger partial charge is 0.233 e. The van der Waals surface area contributed by atoms with E-state index in [2.05, 4.69) is 15.5 Å². The third kappa shape index (κ3) is 5.61. The van der Waals surface area contributed by atoms with E-state index in [9.17, 15) is 4.79 Å². The first-order valence-corrected chi connectivity index (χ1v) is 11.8. The molecule has 3 aromatic rings. The van der Waals surface area contributed by atoms with Gasteiger partial charge in [0.1, 0.15) is 0 Å². The average Bonchev–Trinajstić information content (AvgIpc) is 3.44. The Bertz CT molecular complexity index is 1120. The molecule has 0 fully saturated rings. The predicted octanol–water partition coefficient (Wildman–Crippen LogP) is 4.16. The molecule has 174 valence electrons. The zero-order chi connectivity index (χ0) is 23.2. The Labute approximate surface area is 201 Å². The molecule has 0 aliphatic carbocycles. The molecule has 1 amide bonds. The van der Waals surface area contributed by atoms with Crippen molar-refractivity contribution in [2.45, 2.75) is 36.8 Å². The SMILES string of the molecule is COCCCn1c(SC(C)C(=O)NCc2ccc3c(c2)OCO3)nnc1-c1ccccc1Cl. The zero-order valence-electron chi connectivity index (χ0n) is 18.4. The Morgan fingerprint density at radius 1 is 1.24 bits per heavy atom. The van der Waals surface area contributed by atoms with Crippen LogP contribution in [0.2, 0.25) is 5.02 Å². The second-order valence-corrected chi connectivity index (χ2v) is 9.16. The third-order valence-electron chi connectivity index (χ3n) is 5.12. The Balaban J connectivity index is 1.44. The lowest BCUT2D eigenvalue weighted by molar-refractivity contribution is -0.120. The third-order valence-corrected chi connectivity index (χ3v) is 6.53. The van der Waals surface area contributed by atoms with Crippen LogP contribution in [0, 0.1) is 0 Å². The molecule has 8 nitrogen and oxygen atoms in total. The fraction of sp³-hybridized carbons (Fsp3) is 0.348. The van der Waals surface area contributed by atoms with E-state index in [0.717, 1.165) is 23.3 Å². The van der Waals surface area contributed by atoms with E-state index in [1.54, 1.807) is 7.11 Å². The van der Waals surface area contributed by atoms with Gasteiger partial charge < -0.3 is 24.1 Å². The molecule has 2 heterocycles. The Kier molecular flexibility index (Phi) is 7.74. The molecule has 1 aromatic heterocycles. The number of fused-ring (bicyclic) bond motifs is 1. The maximum Gasteiger partial charge on any atom is 0.233 e. The molecule has 4 rings (SSSR count). The van der Waals surface area contributed by atoms with Crippen molar-refractivity contribution < 1.29 is 19.0 Å². The molecule has 0 spiro atoms. The number of hydrogen-bond acceptors (Lipinski definition) is 7. The molecule has 1 atom stereocenters. The molecule has 0 saturated carbocycles. The fourth-order valence-electron chi connectivity index (χ4n) is 3.38. The van der Waals surface area contributed by atoms with Crippen LogP contribution in [0.4, 0.5) is 0 Å². The number of nitrogens with zero attached hydrogens (tertiary/aromatic N) is 3. The molecule has 2 aromatic carbocycles. The van der Waals surface area contributed by atoms with Gasteiger partial charge in [0.15, 0.2) is 22.5 Å². The van der Waals surface area contributed by atoms with Crippen LogP contribution in [0.5, 0.6) is 11.5 Å². The number of hydrogen-bond donors (Lipinski definition) is 1. The minimum atomic E-state index is -0.372. The summed E-state index contributed by atoms with van der Waals surface area (Å²) >= 11 is 7.76. The highest BCUT2D eigenvalue weighted by Gasteiger charge is 2.22. The zero-order valence-corrected chi connectivity index (χ0v) is 20.0. The summed E-state index contributed by atoms with van der Waals surface area (Å²) in [6.45, 7) is 3.72. The predicted molar refractivity (Wildman–Crippen MR) is 127 cm³/mol. The molecule has 1 unspecified atom stereocenters. The van der Waals surface area contributed by atoms with Crippen LogP contribution in [0.1, 0.15) is 18.9 Å². The van der Waals surface area contributed by atoms with Gasteiger partial charge in [-0.3, -0.25) is 4.79 Å². The van der Waals surface area contributed by atoms with Crippen molar-refractivity contribution in [2.75, 3.05) is 20.5 Å². The first-order chi connectivity index (χ1) is 16.1. The lowest BCUT2D eigenvalue weighted by atomic mass is 10.2. The highest BCUT2D eigenvalue weighted by Crippen LogP contribution is 2.33. The Hall–Kier alpha value is -2.75. The van der Waals surface area contributed by atoms with Gasteiger partial charge in [-0.2, -0.15) is 0 Å². The number of aromatic nitrogens is 3. The van der Waals surface area contributed by atoms with Crippen LogP contribution in [0.15, 0.2) is 47.6 Å². The molecular formula is C23H25ClN4O4S. The first kappa shape index (κ1) is 23.4. The number of thioether (sulfide) groups is 1. The van der Waals surface area contributed by atoms with Gasteiger partial charge in [-0.05, 0) is 43.2 Å². The highest BCUT2D eigenvalue weighted by atomic mass is 35.5. The van der Waals surface area contributed by atoms with E-state index in [1.165, 1.54) is 11.8 Å². The van der Waals surface area contributed by atoms with Crippen LogP contribution < -0.4 is 14.8 Å². The molecule has 1 N–H and O–H groups in total. The summed E-state index contributed by atoms with van der Waals surface area (Å²) in [5.41, 5.74) is 1.74. The number of nitrogens with one attached hydrogen (secondary N) is 1. The van der Waals surface area contributed by atoms with Gasteiger partial charge in [0.2, 0.25) is 12.7 Å². The van der Waals surface area contributed by atoms with Crippen molar-refractivity contribution >= 4 is 29.3 Å². The van der Waals surface area contributed by atoms with E-state index in [4.69, 9.17) is 25.8 Å². The standard InChI is InChI=1S/C23H25ClN4O4S/c1-15(22(29)25-13-16-8-9-19-20(12-16)32-14-31-19)33-23-27-26-21(28(23)10-5-11-30-2)17-6-3-4-7-18(17)24/h3-4,6-9,12,15H,5,10-11,13-14H2,1-2H3,(H,25,29). The van der Waals surface area contributed by atoms with Gasteiger partial charge in [0.05, 0.1) is 10.3 Å². The summed E-state index contributed by atoms with van der Waals surface area (Å²) < 4.78 is 17.9. The van der Waals surface area contributed by atoms with E-state index in [-0.39, 0.29) is 18.0 Å². The molecule has 33 heavy (non-hydrogen) atoms. The largest absolute Gasteiger partial charge is 0.454 e. The van der Waals surface area contributed by atoms with Crippen molar-refractivity contribution in [3.8, 4) is 22.9 Å². The molecule has 1 aliphatic rings. The molecule has 0 saturated heterocycles. The summed E-state index contributed by atoms with van der Waals surface area (Å²) in [7, 11) is 1.67. The van der Waals surface area contributed by atoms with Crippen molar-refractivity contribution in [1.82, 2.24) is 20.1 Å². The number of ether oxygens (including phenoxy) is 3. The number of benzene rings is 2. The summed E-state index contributed by atoms with van der Waals surface area (Å²) in [6, 6.07) is 13.2. The Morgan fingerprint density at radius 2 is 2.06 bits per heavy atom. The first-order valence-electron chi connectivity index (χ1n) is 10.6. The average molecular weight is 489 g/mol. The van der Waals surface area contributed by atoms with Crippen molar-refractivity contribution in [3.05, 3.63) is 53.1 Å². The second-order valence-electron chi connectivity index (χ2n) is 7.45. The highest BCUT2D eigenvalue weighted by molar-refractivity contribution is 8.00. The van der Waals surface area contributed by atoms with Crippen molar-refractivity contribution in [2.24, 2.45) is 0 Å². The topological polar surface area (TPSA) is 87.5 Å². The van der Waals surface area contributed by atoms with E-state index in [1.807, 2.05) is 54.0 Å². The molecule has 0 radical (unpaired) electrons. The van der Waals surface area contributed by atoms with Crippen LogP contribution >= 0.6 is 23.4 Å². The maximum atomic E-state index is 12.8. The lowest BCUT2D eigenvalue weighted by Gasteiger charge is -2.14. The minimum absolute atomic E-state index is 0.0941. The van der Waals surface area contributed by atoms with Gasteiger partial charge in [0, 0.05) is 32.4 Å². The van der Waals surface area contributed by atoms with Crippen molar-refractivity contribution in [1.29, 1.82) is 0 Å². The van der Waals surface area contributed by atoms with Crippen LogP contribution in [0.25, 0.3) is 11.4 Å². The number of carbonyl (C=O) groups is 1. The van der Waals surface area contributed by atoms with E-state index < -0.39 is 0 Å². The van der Waals surface area contributed by atoms with Crippen LogP contribution in [-0.4, -0.2) is 46.4 Å². The number of rotatable bonds is 10. The fourth-order valence-corrected chi connectivity index (χ4v) is 4.50. The van der Waals surface area contributed by atoms with E-state index in [0.29, 0.717) is 41.4 Å². The monoisotopic (exact) mass is 488 g/mol. The quantitative estimate of drug-likeness (QED) is 0.338. The summed E-state index contributed by atoms with van der Waals surface area (Å²) in [5.74, 6) is 1.99. The van der Waals surface area contributed by atoms with Gasteiger partial charge in [-0.15, -0.1) is 10.2 Å². The van der Waals surface area contributed by atoms with Gasteiger partial charge in [-0.25, -0.2) is 0 Å². The number of halogens is 1. The minimum Gasteiger partial charge on any atom is -0.454 e. The number of carbonyl (C=O) groups excluding carboxylic acids is 1. The van der Waals surface area contributed by atoms with Gasteiger partial charge >= 0.3 is 0 Å². The molecular weight excluding hydrogens is 464 g/mol. The molecule has 0 bridgehead atoms. The van der Waals surface area contributed by atoms with Gasteiger partial charge in [0.25, 0.3) is 0 Å².